The van der Waals surface area contributed by atoms with Gasteiger partial charge in [0.1, 0.15) is 11.5 Å². The van der Waals surface area contributed by atoms with Gasteiger partial charge in [0.15, 0.2) is 13.2 Å². The van der Waals surface area contributed by atoms with E-state index in [0.717, 1.165) is 18.2 Å². The standard InChI is InChI=1S/C21H15ClF6N4O3/c22-12-2-1-3-13(8-12)30-19(33)32-18-29-7-6-16(31-18)15-9-14(34-10-20(23,24)25)4-5-17(15)35-11-21(26,27)28/h1-9H,10-11H2,(H2,29,30,31,32,33). The predicted octanol–water partition coefficient (Wildman–Crippen LogP) is 6.32. The Hall–Kier alpha value is -3.74. The molecule has 0 aliphatic rings. The fraction of sp³-hybridized carbons (Fsp3) is 0.190. The van der Waals surface area contributed by atoms with Crippen molar-refractivity contribution in [1.29, 1.82) is 0 Å². The third-order valence-electron chi connectivity index (χ3n) is 3.98. The molecule has 0 saturated carbocycles. The van der Waals surface area contributed by atoms with Gasteiger partial charge in [0.2, 0.25) is 5.95 Å². The smallest absolute Gasteiger partial charge is 0.422 e. The van der Waals surface area contributed by atoms with Gasteiger partial charge in [-0.1, -0.05) is 17.7 Å². The molecule has 0 saturated heterocycles. The van der Waals surface area contributed by atoms with Crippen LogP contribution < -0.4 is 20.1 Å². The molecule has 186 valence electrons. The number of urea groups is 1. The summed E-state index contributed by atoms with van der Waals surface area (Å²) in [5, 5.41) is 5.20. The molecule has 0 aliphatic carbocycles. The van der Waals surface area contributed by atoms with E-state index in [1.54, 1.807) is 18.2 Å². The molecule has 0 atom stereocenters. The zero-order chi connectivity index (χ0) is 25.6. The Morgan fingerprint density at radius 2 is 1.63 bits per heavy atom. The maximum Gasteiger partial charge on any atom is 0.422 e. The lowest BCUT2D eigenvalue weighted by molar-refractivity contribution is -0.154. The molecule has 2 amide bonds. The normalized spacial score (nSPS) is 11.6. The summed E-state index contributed by atoms with van der Waals surface area (Å²) in [6.45, 7) is -3.27. The van der Waals surface area contributed by atoms with Crippen LogP contribution in [0.25, 0.3) is 11.3 Å². The number of nitrogens with one attached hydrogen (secondary N) is 2. The third-order valence-corrected chi connectivity index (χ3v) is 4.22. The van der Waals surface area contributed by atoms with E-state index in [-0.39, 0.29) is 28.7 Å². The number of carbonyl (C=O) groups is 1. The minimum absolute atomic E-state index is 0.0484. The lowest BCUT2D eigenvalue weighted by Crippen LogP contribution is -2.21. The first-order valence-electron chi connectivity index (χ1n) is 9.58. The maximum atomic E-state index is 12.7. The number of anilines is 2. The van der Waals surface area contributed by atoms with Crippen molar-refractivity contribution in [2.75, 3.05) is 23.8 Å². The highest BCUT2D eigenvalue weighted by Crippen LogP contribution is 2.34. The number of benzene rings is 2. The van der Waals surface area contributed by atoms with Gasteiger partial charge in [0, 0.05) is 22.5 Å². The van der Waals surface area contributed by atoms with Gasteiger partial charge in [-0.25, -0.2) is 14.8 Å². The third kappa shape index (κ3) is 8.52. The Kier molecular flexibility index (Phi) is 7.89. The second-order valence-corrected chi connectivity index (χ2v) is 7.26. The maximum absolute atomic E-state index is 12.7. The van der Waals surface area contributed by atoms with Crippen LogP contribution in [0.1, 0.15) is 0 Å². The molecular formula is C21H15ClF6N4O3. The molecule has 1 aromatic heterocycles. The number of aromatic nitrogens is 2. The highest BCUT2D eigenvalue weighted by molar-refractivity contribution is 6.30. The van der Waals surface area contributed by atoms with Crippen molar-refractivity contribution in [3.05, 3.63) is 59.8 Å². The molecular weight excluding hydrogens is 506 g/mol. The van der Waals surface area contributed by atoms with Gasteiger partial charge in [-0.15, -0.1) is 0 Å². The average molecular weight is 521 g/mol. The molecule has 0 fully saturated rings. The Balaban J connectivity index is 1.85. The Labute approximate surface area is 199 Å². The summed E-state index contributed by atoms with van der Waals surface area (Å²) in [7, 11) is 0. The van der Waals surface area contributed by atoms with Crippen LogP contribution in [0.2, 0.25) is 5.02 Å². The number of carbonyl (C=O) groups excluding carboxylic acids is 1. The minimum Gasteiger partial charge on any atom is -0.484 e. The summed E-state index contributed by atoms with van der Waals surface area (Å²) in [6, 6.07) is 9.86. The van der Waals surface area contributed by atoms with Crippen LogP contribution in [0.15, 0.2) is 54.7 Å². The van der Waals surface area contributed by atoms with Gasteiger partial charge in [0.05, 0.1) is 5.69 Å². The van der Waals surface area contributed by atoms with Crippen molar-refractivity contribution in [2.24, 2.45) is 0 Å². The van der Waals surface area contributed by atoms with Gasteiger partial charge in [0.25, 0.3) is 0 Å². The van der Waals surface area contributed by atoms with E-state index in [1.165, 1.54) is 18.3 Å². The largest absolute Gasteiger partial charge is 0.484 e. The van der Waals surface area contributed by atoms with Crippen LogP contribution in [0, 0.1) is 0 Å². The van der Waals surface area contributed by atoms with Crippen molar-refractivity contribution < 1.29 is 40.6 Å². The molecule has 0 unspecified atom stereocenters. The molecule has 2 aromatic carbocycles. The van der Waals surface area contributed by atoms with E-state index < -0.39 is 31.6 Å². The average Bonchev–Trinajstić information content (AvgIpc) is 2.75. The summed E-state index contributed by atoms with van der Waals surface area (Å²) >= 11 is 5.85. The van der Waals surface area contributed by atoms with Crippen molar-refractivity contribution in [3.8, 4) is 22.8 Å². The van der Waals surface area contributed by atoms with E-state index >= 15 is 0 Å². The van der Waals surface area contributed by atoms with Gasteiger partial charge in [-0.3, -0.25) is 5.32 Å². The van der Waals surface area contributed by atoms with E-state index in [2.05, 4.69) is 25.3 Å². The highest BCUT2D eigenvalue weighted by Gasteiger charge is 2.30. The highest BCUT2D eigenvalue weighted by atomic mass is 35.5. The Morgan fingerprint density at radius 3 is 2.31 bits per heavy atom. The number of halogens is 7. The van der Waals surface area contributed by atoms with Gasteiger partial charge in [-0.2, -0.15) is 26.3 Å². The first-order valence-corrected chi connectivity index (χ1v) is 9.96. The van der Waals surface area contributed by atoms with Crippen molar-refractivity contribution in [2.45, 2.75) is 12.4 Å². The fourth-order valence-corrected chi connectivity index (χ4v) is 2.84. The molecule has 3 aromatic rings. The Bertz CT molecular complexity index is 1190. The van der Waals surface area contributed by atoms with Gasteiger partial charge < -0.3 is 14.8 Å². The fourth-order valence-electron chi connectivity index (χ4n) is 2.65. The van der Waals surface area contributed by atoms with Crippen LogP contribution in [-0.2, 0) is 0 Å². The van der Waals surface area contributed by atoms with Crippen LogP contribution in [0.4, 0.5) is 42.8 Å². The van der Waals surface area contributed by atoms with E-state index in [1.807, 2.05) is 0 Å². The van der Waals surface area contributed by atoms with Crippen LogP contribution in [-0.4, -0.2) is 41.6 Å². The van der Waals surface area contributed by atoms with Crippen LogP contribution >= 0.6 is 11.6 Å². The number of hydrogen-bond acceptors (Lipinski definition) is 5. The summed E-state index contributed by atoms with van der Waals surface area (Å²) in [4.78, 5) is 20.1. The van der Waals surface area contributed by atoms with Gasteiger partial charge >= 0.3 is 18.4 Å². The lowest BCUT2D eigenvalue weighted by Gasteiger charge is -2.16. The monoisotopic (exact) mass is 520 g/mol. The summed E-state index contributed by atoms with van der Waals surface area (Å²) in [5.41, 5.74) is 0.200. The van der Waals surface area contributed by atoms with Crippen LogP contribution in [0.3, 0.4) is 0 Å². The number of nitrogens with zero attached hydrogens (tertiary/aromatic N) is 2. The summed E-state index contributed by atoms with van der Waals surface area (Å²) in [6.07, 6.45) is -8.11. The summed E-state index contributed by atoms with van der Waals surface area (Å²) in [5.74, 6) is -0.858. The molecule has 0 bridgehead atoms. The SMILES string of the molecule is O=C(Nc1cccc(Cl)c1)Nc1nccc(-c2cc(OCC(F)(F)F)ccc2OCC(F)(F)F)n1. The Morgan fingerprint density at radius 1 is 0.914 bits per heavy atom. The van der Waals surface area contributed by atoms with Crippen LogP contribution in [0.5, 0.6) is 11.5 Å². The molecule has 14 heteroatoms. The molecule has 0 spiro atoms. The van der Waals surface area contributed by atoms with E-state index in [4.69, 9.17) is 16.3 Å². The quantitative estimate of drug-likeness (QED) is 0.356. The molecule has 2 N–H and O–H groups in total. The summed E-state index contributed by atoms with van der Waals surface area (Å²) < 4.78 is 84.9. The second kappa shape index (κ2) is 10.7. The van der Waals surface area contributed by atoms with Crippen molar-refractivity contribution in [1.82, 2.24) is 9.97 Å². The number of rotatable bonds is 7. The van der Waals surface area contributed by atoms with E-state index in [0.29, 0.717) is 10.7 Å². The molecule has 3 rings (SSSR count). The topological polar surface area (TPSA) is 85.4 Å². The first kappa shape index (κ1) is 25.9. The molecule has 0 aliphatic heterocycles. The molecule has 0 radical (unpaired) electrons. The van der Waals surface area contributed by atoms with E-state index in [9.17, 15) is 31.1 Å². The van der Waals surface area contributed by atoms with Crippen molar-refractivity contribution in [3.63, 3.8) is 0 Å². The van der Waals surface area contributed by atoms with Crippen molar-refractivity contribution >= 4 is 29.3 Å². The number of amides is 2. The first-order chi connectivity index (χ1) is 16.4. The number of hydrogen-bond donors (Lipinski definition) is 2. The molecule has 35 heavy (non-hydrogen) atoms. The zero-order valence-corrected chi connectivity index (χ0v) is 18.1. The zero-order valence-electron chi connectivity index (χ0n) is 17.4. The minimum atomic E-state index is -4.67. The lowest BCUT2D eigenvalue weighted by atomic mass is 10.1. The predicted molar refractivity (Wildman–Crippen MR) is 115 cm³/mol. The number of alkyl halides is 6. The molecule has 1 heterocycles. The van der Waals surface area contributed by atoms with Gasteiger partial charge in [-0.05, 0) is 42.5 Å². The molecule has 7 nitrogen and oxygen atoms in total. The number of ether oxygens (including phenoxy) is 2. The second-order valence-electron chi connectivity index (χ2n) is 6.82.